The van der Waals surface area contributed by atoms with Crippen molar-refractivity contribution >= 4 is 23.4 Å². The number of rotatable bonds is 2. The topological polar surface area (TPSA) is 40.5 Å². The summed E-state index contributed by atoms with van der Waals surface area (Å²) in [4.78, 5) is 14.8. The Morgan fingerprint density at radius 2 is 1.95 bits per heavy atom. The second kappa shape index (κ2) is 4.92. The summed E-state index contributed by atoms with van der Waals surface area (Å²) in [6, 6.07) is 11.7. The number of likely N-dealkylation sites (N-methyl/N-ethyl adjacent to an activating group) is 1. The molecule has 0 bridgehead atoms. The van der Waals surface area contributed by atoms with Crippen molar-refractivity contribution < 1.29 is 14.3 Å². The first-order valence-electron chi connectivity index (χ1n) is 6.09. The molecule has 1 atom stereocenters. The van der Waals surface area contributed by atoms with Crippen LogP contribution < -0.4 is 4.90 Å². The standard InChI is InChI=1S/C15H12FNO2S/c1-17-13-8-11(5-6-12(13)14(18)15(17)19)20-10-4-2-3-9(16)7-10/h2-8,14,18H,1H3. The van der Waals surface area contributed by atoms with Gasteiger partial charge in [0.2, 0.25) is 0 Å². The minimum Gasteiger partial charge on any atom is -0.378 e. The molecular formula is C15H12FNO2S. The number of aliphatic hydroxyl groups is 1. The van der Waals surface area contributed by atoms with Crippen molar-refractivity contribution in [2.24, 2.45) is 0 Å². The molecule has 20 heavy (non-hydrogen) atoms. The van der Waals surface area contributed by atoms with Crippen LogP contribution in [-0.4, -0.2) is 18.1 Å². The molecule has 0 fully saturated rings. The van der Waals surface area contributed by atoms with Crippen LogP contribution in [0.5, 0.6) is 0 Å². The largest absolute Gasteiger partial charge is 0.378 e. The SMILES string of the molecule is CN1C(=O)C(O)c2ccc(Sc3cccc(F)c3)cc21. The normalized spacial score (nSPS) is 17.4. The van der Waals surface area contributed by atoms with E-state index in [4.69, 9.17) is 0 Å². The van der Waals surface area contributed by atoms with Crippen LogP contribution in [0, 0.1) is 5.82 Å². The maximum atomic E-state index is 13.2. The number of hydrogen-bond acceptors (Lipinski definition) is 3. The molecular weight excluding hydrogens is 277 g/mol. The molecule has 1 N–H and O–H groups in total. The summed E-state index contributed by atoms with van der Waals surface area (Å²) in [5.41, 5.74) is 1.31. The molecule has 3 rings (SSSR count). The van der Waals surface area contributed by atoms with E-state index in [1.165, 1.54) is 28.8 Å². The third-order valence-corrected chi connectivity index (χ3v) is 4.23. The molecule has 1 unspecified atom stereocenters. The third-order valence-electron chi connectivity index (χ3n) is 3.25. The van der Waals surface area contributed by atoms with Crippen molar-refractivity contribution in [1.29, 1.82) is 0 Å². The smallest absolute Gasteiger partial charge is 0.260 e. The summed E-state index contributed by atoms with van der Waals surface area (Å²) < 4.78 is 13.2. The monoisotopic (exact) mass is 289 g/mol. The first kappa shape index (κ1) is 13.1. The Kier molecular flexibility index (Phi) is 3.23. The lowest BCUT2D eigenvalue weighted by Gasteiger charge is -2.11. The molecule has 0 aromatic heterocycles. The van der Waals surface area contributed by atoms with Gasteiger partial charge in [-0.1, -0.05) is 23.9 Å². The molecule has 1 amide bonds. The van der Waals surface area contributed by atoms with E-state index in [0.29, 0.717) is 11.3 Å². The van der Waals surface area contributed by atoms with Crippen molar-refractivity contribution in [2.75, 3.05) is 11.9 Å². The molecule has 0 aliphatic carbocycles. The molecule has 3 nitrogen and oxygen atoms in total. The Bertz CT molecular complexity index is 689. The highest BCUT2D eigenvalue weighted by molar-refractivity contribution is 7.99. The minimum atomic E-state index is -1.08. The first-order chi connectivity index (χ1) is 9.56. The number of nitrogens with zero attached hydrogens (tertiary/aromatic N) is 1. The summed E-state index contributed by atoms with van der Waals surface area (Å²) in [7, 11) is 1.63. The summed E-state index contributed by atoms with van der Waals surface area (Å²) in [5.74, 6) is -0.605. The Labute approximate surface area is 120 Å². The molecule has 0 saturated carbocycles. The highest BCUT2D eigenvalue weighted by atomic mass is 32.2. The lowest BCUT2D eigenvalue weighted by Crippen LogP contribution is -2.23. The van der Waals surface area contributed by atoms with Gasteiger partial charge in [0, 0.05) is 22.4 Å². The van der Waals surface area contributed by atoms with Crippen LogP contribution in [0.2, 0.25) is 0 Å². The van der Waals surface area contributed by atoms with Crippen LogP contribution in [0.1, 0.15) is 11.7 Å². The predicted molar refractivity (Wildman–Crippen MR) is 75.3 cm³/mol. The predicted octanol–water partition coefficient (Wildman–Crippen LogP) is 2.99. The van der Waals surface area contributed by atoms with Gasteiger partial charge in [0.15, 0.2) is 6.10 Å². The van der Waals surface area contributed by atoms with Gasteiger partial charge >= 0.3 is 0 Å². The summed E-state index contributed by atoms with van der Waals surface area (Å²) in [6.07, 6.45) is -1.08. The second-order valence-corrected chi connectivity index (χ2v) is 5.73. The van der Waals surface area contributed by atoms with E-state index in [1.54, 1.807) is 19.2 Å². The van der Waals surface area contributed by atoms with Crippen LogP contribution in [0.4, 0.5) is 10.1 Å². The van der Waals surface area contributed by atoms with Crippen LogP contribution in [0.25, 0.3) is 0 Å². The Balaban J connectivity index is 1.92. The number of fused-ring (bicyclic) bond motifs is 1. The second-order valence-electron chi connectivity index (χ2n) is 4.58. The average Bonchev–Trinajstić information content (AvgIpc) is 2.64. The average molecular weight is 289 g/mol. The summed E-state index contributed by atoms with van der Waals surface area (Å²) in [6.45, 7) is 0. The van der Waals surface area contributed by atoms with Crippen LogP contribution in [0.3, 0.4) is 0 Å². The molecule has 0 spiro atoms. The van der Waals surface area contributed by atoms with E-state index in [-0.39, 0.29) is 11.7 Å². The third kappa shape index (κ3) is 2.19. The van der Waals surface area contributed by atoms with Crippen LogP contribution >= 0.6 is 11.8 Å². The van der Waals surface area contributed by atoms with Gasteiger partial charge in [0.1, 0.15) is 5.82 Å². The molecule has 2 aromatic carbocycles. The Morgan fingerprint density at radius 1 is 1.20 bits per heavy atom. The molecule has 1 heterocycles. The van der Waals surface area contributed by atoms with Crippen molar-refractivity contribution in [3.05, 3.63) is 53.8 Å². The molecule has 102 valence electrons. The highest BCUT2D eigenvalue weighted by Gasteiger charge is 2.33. The molecule has 0 saturated heterocycles. The van der Waals surface area contributed by atoms with Gasteiger partial charge < -0.3 is 10.0 Å². The molecule has 0 radical (unpaired) electrons. The molecule has 5 heteroatoms. The van der Waals surface area contributed by atoms with Crippen molar-refractivity contribution in [2.45, 2.75) is 15.9 Å². The van der Waals surface area contributed by atoms with Crippen molar-refractivity contribution in [3.8, 4) is 0 Å². The van der Waals surface area contributed by atoms with Crippen molar-refractivity contribution in [1.82, 2.24) is 0 Å². The van der Waals surface area contributed by atoms with E-state index < -0.39 is 6.10 Å². The number of hydrogen-bond donors (Lipinski definition) is 1. The van der Waals surface area contributed by atoms with Crippen LogP contribution in [0.15, 0.2) is 52.3 Å². The fraction of sp³-hybridized carbons (Fsp3) is 0.133. The molecule has 1 aliphatic heterocycles. The fourth-order valence-corrected chi connectivity index (χ4v) is 3.11. The van der Waals surface area contributed by atoms with E-state index >= 15 is 0 Å². The highest BCUT2D eigenvalue weighted by Crippen LogP contribution is 2.39. The quantitative estimate of drug-likeness (QED) is 0.924. The summed E-state index contributed by atoms with van der Waals surface area (Å²) >= 11 is 1.41. The number of halogens is 1. The fourth-order valence-electron chi connectivity index (χ4n) is 2.21. The zero-order chi connectivity index (χ0) is 14.3. The van der Waals surface area contributed by atoms with Crippen molar-refractivity contribution in [3.63, 3.8) is 0 Å². The zero-order valence-corrected chi connectivity index (χ0v) is 11.5. The maximum Gasteiger partial charge on any atom is 0.260 e. The van der Waals surface area contributed by atoms with Crippen LogP contribution in [-0.2, 0) is 4.79 Å². The first-order valence-corrected chi connectivity index (χ1v) is 6.91. The zero-order valence-electron chi connectivity index (χ0n) is 10.7. The number of amides is 1. The summed E-state index contributed by atoms with van der Waals surface area (Å²) in [5, 5.41) is 9.79. The van der Waals surface area contributed by atoms with E-state index in [0.717, 1.165) is 9.79 Å². The minimum absolute atomic E-state index is 0.279. The number of anilines is 1. The van der Waals surface area contributed by atoms with Gasteiger partial charge in [0.25, 0.3) is 5.91 Å². The lowest BCUT2D eigenvalue weighted by molar-refractivity contribution is -0.125. The number of carbonyl (C=O) groups is 1. The van der Waals surface area contributed by atoms with Gasteiger partial charge in [-0.3, -0.25) is 4.79 Å². The molecule has 2 aromatic rings. The van der Waals surface area contributed by atoms with Gasteiger partial charge in [-0.05, 0) is 30.3 Å². The van der Waals surface area contributed by atoms with Gasteiger partial charge in [-0.2, -0.15) is 0 Å². The number of benzene rings is 2. The Hall–Kier alpha value is -1.85. The lowest BCUT2D eigenvalue weighted by atomic mass is 10.1. The number of carbonyl (C=O) groups excluding carboxylic acids is 1. The van der Waals surface area contributed by atoms with E-state index in [9.17, 15) is 14.3 Å². The van der Waals surface area contributed by atoms with Gasteiger partial charge in [0.05, 0.1) is 5.69 Å². The number of aliphatic hydroxyl groups excluding tert-OH is 1. The Morgan fingerprint density at radius 3 is 2.70 bits per heavy atom. The molecule has 1 aliphatic rings. The van der Waals surface area contributed by atoms with E-state index in [2.05, 4.69) is 0 Å². The van der Waals surface area contributed by atoms with E-state index in [1.807, 2.05) is 18.2 Å². The van der Waals surface area contributed by atoms with Gasteiger partial charge in [-0.25, -0.2) is 4.39 Å². The van der Waals surface area contributed by atoms with Gasteiger partial charge in [-0.15, -0.1) is 0 Å². The maximum absolute atomic E-state index is 13.2.